The van der Waals surface area contributed by atoms with Crippen molar-refractivity contribution < 1.29 is 28.2 Å². The van der Waals surface area contributed by atoms with Gasteiger partial charge < -0.3 is 29.7 Å². The van der Waals surface area contributed by atoms with Gasteiger partial charge in [0.1, 0.15) is 30.9 Å². The molecule has 10 nitrogen and oxygen atoms in total. The molecule has 0 aromatic heterocycles. The van der Waals surface area contributed by atoms with Crippen LogP contribution < -0.4 is 15.4 Å². The molecule has 1 aromatic rings. The van der Waals surface area contributed by atoms with Gasteiger partial charge >= 0.3 is 12.2 Å². The van der Waals surface area contributed by atoms with E-state index in [1.54, 1.807) is 22.2 Å². The summed E-state index contributed by atoms with van der Waals surface area (Å²) in [5.41, 5.74) is 1.73. The van der Waals surface area contributed by atoms with E-state index < -0.39 is 0 Å². The van der Waals surface area contributed by atoms with Crippen molar-refractivity contribution in [2.75, 3.05) is 52.5 Å². The number of hydrogen-bond donors (Lipinski definition) is 2. The molecule has 2 amide bonds. The van der Waals surface area contributed by atoms with Gasteiger partial charge in [0.15, 0.2) is 5.82 Å². The second kappa shape index (κ2) is 10.5. The fourth-order valence-electron chi connectivity index (χ4n) is 4.83. The van der Waals surface area contributed by atoms with Crippen LogP contribution in [0.5, 0.6) is 5.75 Å². The van der Waals surface area contributed by atoms with Gasteiger partial charge in [-0.05, 0) is 55.5 Å². The molecule has 2 atom stereocenters. The summed E-state index contributed by atoms with van der Waals surface area (Å²) < 4.78 is 30.7. The van der Waals surface area contributed by atoms with Crippen molar-refractivity contribution in [2.45, 2.75) is 25.4 Å². The molecule has 4 aliphatic rings. The topological polar surface area (TPSA) is 105 Å². The molecule has 2 unspecified atom stereocenters. The molecular weight excluding hydrogens is 457 g/mol. The second-order valence-corrected chi connectivity index (χ2v) is 9.10. The van der Waals surface area contributed by atoms with Gasteiger partial charge in [-0.2, -0.15) is 0 Å². The summed E-state index contributed by atoms with van der Waals surface area (Å²) in [6.07, 6.45) is 4.71. The number of benzene rings is 1. The van der Waals surface area contributed by atoms with E-state index in [0.717, 1.165) is 24.1 Å². The third-order valence-electron chi connectivity index (χ3n) is 6.63. The Morgan fingerprint density at radius 1 is 1.26 bits per heavy atom. The number of carbonyl (C=O) groups is 2. The number of hydrogen-bond acceptors (Lipinski definition) is 8. The van der Waals surface area contributed by atoms with Gasteiger partial charge in [-0.3, -0.25) is 4.90 Å². The summed E-state index contributed by atoms with van der Waals surface area (Å²) in [5.74, 6) is 1.12. The first-order chi connectivity index (χ1) is 17.1. The molecular formula is C24H30FN5O5. The minimum Gasteiger partial charge on any atom is -0.492 e. The van der Waals surface area contributed by atoms with Crippen molar-refractivity contribution in [3.63, 3.8) is 0 Å². The lowest BCUT2D eigenvalue weighted by atomic mass is 10.1. The van der Waals surface area contributed by atoms with Crippen LogP contribution in [0.4, 0.5) is 14.0 Å². The van der Waals surface area contributed by atoms with Crippen LogP contribution >= 0.6 is 0 Å². The lowest BCUT2D eigenvalue weighted by molar-refractivity contribution is 0.130. The minimum atomic E-state index is -0.373. The maximum absolute atomic E-state index is 14.7. The molecule has 0 bridgehead atoms. The summed E-state index contributed by atoms with van der Waals surface area (Å²) in [4.78, 5) is 31.0. The van der Waals surface area contributed by atoms with E-state index in [1.165, 1.54) is 6.07 Å². The standard InChI is InChI=1S/C24H30FN5O5/c25-21-12-19(33-7-5-29-6-8-34-23(29)31)11-17-9-16(10-20(17)21)13-26-2-1-18-15-30(24(32)35-18)22-14-27-3-4-28-22/h4,11-12,14,16,18,26-27H,1-3,5-10,13,15H2. The minimum absolute atomic E-state index is 0.187. The molecule has 3 aliphatic heterocycles. The van der Waals surface area contributed by atoms with Crippen molar-refractivity contribution in [1.82, 2.24) is 20.4 Å². The monoisotopic (exact) mass is 487 g/mol. The Labute approximate surface area is 203 Å². The molecule has 1 aromatic carbocycles. The van der Waals surface area contributed by atoms with Crippen LogP contribution in [-0.4, -0.2) is 86.8 Å². The second-order valence-electron chi connectivity index (χ2n) is 9.10. The van der Waals surface area contributed by atoms with E-state index >= 15 is 0 Å². The highest BCUT2D eigenvalue weighted by Gasteiger charge is 2.33. The predicted octanol–water partition coefficient (Wildman–Crippen LogP) is 1.64. The van der Waals surface area contributed by atoms with Crippen LogP contribution in [0, 0.1) is 11.7 Å². The molecule has 5 rings (SSSR count). The van der Waals surface area contributed by atoms with E-state index in [4.69, 9.17) is 14.2 Å². The number of nitrogens with zero attached hydrogens (tertiary/aromatic N) is 3. The van der Waals surface area contributed by atoms with Gasteiger partial charge in [-0.1, -0.05) is 0 Å². The highest BCUT2D eigenvalue weighted by Crippen LogP contribution is 2.32. The predicted molar refractivity (Wildman–Crippen MR) is 125 cm³/mol. The fourth-order valence-corrected chi connectivity index (χ4v) is 4.83. The third kappa shape index (κ3) is 5.50. The van der Waals surface area contributed by atoms with Crippen molar-refractivity contribution in [3.8, 4) is 5.75 Å². The largest absolute Gasteiger partial charge is 0.492 e. The van der Waals surface area contributed by atoms with Gasteiger partial charge in [-0.15, -0.1) is 0 Å². The van der Waals surface area contributed by atoms with Gasteiger partial charge in [0.2, 0.25) is 0 Å². The van der Waals surface area contributed by atoms with Crippen LogP contribution in [0.3, 0.4) is 0 Å². The van der Waals surface area contributed by atoms with Crippen molar-refractivity contribution >= 4 is 18.4 Å². The zero-order valence-electron chi connectivity index (χ0n) is 19.5. The van der Waals surface area contributed by atoms with Crippen molar-refractivity contribution in [2.24, 2.45) is 10.9 Å². The Kier molecular flexibility index (Phi) is 7.03. The third-order valence-corrected chi connectivity index (χ3v) is 6.63. The lowest BCUT2D eigenvalue weighted by Crippen LogP contribution is -2.29. The van der Waals surface area contributed by atoms with E-state index in [-0.39, 0.29) is 24.1 Å². The first kappa shape index (κ1) is 23.4. The first-order valence-electron chi connectivity index (χ1n) is 12.1. The molecule has 11 heteroatoms. The Morgan fingerprint density at radius 2 is 2.17 bits per heavy atom. The van der Waals surface area contributed by atoms with Crippen LogP contribution in [0.1, 0.15) is 17.5 Å². The Morgan fingerprint density at radius 3 is 2.97 bits per heavy atom. The maximum atomic E-state index is 14.7. The van der Waals surface area contributed by atoms with E-state index in [2.05, 4.69) is 15.6 Å². The Balaban J connectivity index is 1.03. The highest BCUT2D eigenvalue weighted by molar-refractivity contribution is 5.73. The molecule has 2 N–H and O–H groups in total. The zero-order valence-corrected chi connectivity index (χ0v) is 19.5. The summed E-state index contributed by atoms with van der Waals surface area (Å²) in [5, 5.41) is 6.47. The lowest BCUT2D eigenvalue weighted by Gasteiger charge is -2.16. The Bertz CT molecular complexity index is 1030. The molecule has 2 fully saturated rings. The summed E-state index contributed by atoms with van der Waals surface area (Å²) >= 11 is 0. The number of cyclic esters (lactones) is 2. The van der Waals surface area contributed by atoms with Gasteiger partial charge in [0.05, 0.1) is 19.6 Å². The number of carbonyl (C=O) groups excluding carboxylic acids is 2. The van der Waals surface area contributed by atoms with Gasteiger partial charge in [0, 0.05) is 25.0 Å². The average molecular weight is 488 g/mol. The van der Waals surface area contributed by atoms with E-state index in [0.29, 0.717) is 76.3 Å². The SMILES string of the molecule is O=C1OCCN1CCOc1cc(F)c2c(c1)CC(CNCCC1CN(C3=CNCC=N3)C(=O)O1)C2. The first-order valence-corrected chi connectivity index (χ1v) is 12.1. The zero-order chi connectivity index (χ0) is 24.2. The molecule has 188 valence electrons. The summed E-state index contributed by atoms with van der Waals surface area (Å²) in [6, 6.07) is 3.34. The number of ether oxygens (including phenoxy) is 3. The van der Waals surface area contributed by atoms with Crippen LogP contribution in [0.25, 0.3) is 0 Å². The highest BCUT2D eigenvalue weighted by atomic mass is 19.1. The van der Waals surface area contributed by atoms with E-state index in [9.17, 15) is 14.0 Å². The summed E-state index contributed by atoms with van der Waals surface area (Å²) in [6.45, 7) is 4.26. The van der Waals surface area contributed by atoms with Crippen LogP contribution in [0.15, 0.2) is 29.1 Å². The van der Waals surface area contributed by atoms with Crippen LogP contribution in [-0.2, 0) is 22.3 Å². The molecule has 3 heterocycles. The number of fused-ring (bicyclic) bond motifs is 1. The summed E-state index contributed by atoms with van der Waals surface area (Å²) in [7, 11) is 0. The molecule has 0 radical (unpaired) electrons. The molecule has 1 aliphatic carbocycles. The number of nitrogens with one attached hydrogen (secondary N) is 2. The number of amides is 2. The molecule has 0 saturated carbocycles. The van der Waals surface area contributed by atoms with E-state index in [1.807, 2.05) is 6.07 Å². The number of halogens is 1. The quantitative estimate of drug-likeness (QED) is 0.484. The van der Waals surface area contributed by atoms with Gasteiger partial charge in [0.25, 0.3) is 0 Å². The molecule has 0 spiro atoms. The maximum Gasteiger partial charge on any atom is 0.415 e. The average Bonchev–Trinajstić information content (AvgIpc) is 3.56. The van der Waals surface area contributed by atoms with Crippen molar-refractivity contribution in [3.05, 3.63) is 41.1 Å². The molecule has 35 heavy (non-hydrogen) atoms. The van der Waals surface area contributed by atoms with Crippen molar-refractivity contribution in [1.29, 1.82) is 0 Å². The van der Waals surface area contributed by atoms with Gasteiger partial charge in [-0.25, -0.2) is 19.0 Å². The normalized spacial score (nSPS) is 23.2. The number of aliphatic imine (C=N–C) groups is 1. The van der Waals surface area contributed by atoms with Crippen LogP contribution in [0.2, 0.25) is 0 Å². The smallest absolute Gasteiger partial charge is 0.415 e. The number of rotatable bonds is 10. The Hall–Kier alpha value is -3.34. The fraction of sp³-hybridized carbons (Fsp3) is 0.542. The molecule has 2 saturated heterocycles.